The van der Waals surface area contributed by atoms with Crippen molar-refractivity contribution in [3.8, 4) is 0 Å². The predicted molar refractivity (Wildman–Crippen MR) is 204 cm³/mol. The minimum Gasteiger partial charge on any atom is -0.434 e. The third-order valence-corrected chi connectivity index (χ3v) is 9.59. The van der Waals surface area contributed by atoms with E-state index in [4.69, 9.17) is 9.47 Å². The second-order valence-electron chi connectivity index (χ2n) is 14.3. The van der Waals surface area contributed by atoms with Gasteiger partial charge >= 0.3 is 6.16 Å². The Morgan fingerprint density at radius 3 is 0.804 bits per heavy atom. The van der Waals surface area contributed by atoms with E-state index in [0.29, 0.717) is 13.2 Å². The predicted octanol–water partition coefficient (Wildman–Crippen LogP) is 15.8. The van der Waals surface area contributed by atoms with Crippen LogP contribution < -0.4 is 0 Å². The van der Waals surface area contributed by atoms with Crippen LogP contribution in [-0.2, 0) is 9.47 Å². The molecule has 0 heterocycles. The highest BCUT2D eigenvalue weighted by Gasteiger charge is 2.03. The molecule has 0 aromatic heterocycles. The normalized spacial score (nSPS) is 11.5. The first kappa shape index (κ1) is 45.0. The molecule has 0 aromatic carbocycles. The number of allylic oxidation sites excluding steroid dienone is 2. The fourth-order valence-corrected chi connectivity index (χ4v) is 6.41. The molecule has 274 valence electrons. The molecule has 3 heteroatoms. The number of hydrogen-bond donors (Lipinski definition) is 0. The fourth-order valence-electron chi connectivity index (χ4n) is 6.41. The molecule has 0 aromatic rings. The maximum absolute atomic E-state index is 11.8. The molecule has 46 heavy (non-hydrogen) atoms. The lowest BCUT2D eigenvalue weighted by molar-refractivity contribution is 0.0529. The van der Waals surface area contributed by atoms with Crippen LogP contribution in [0.5, 0.6) is 0 Å². The van der Waals surface area contributed by atoms with Gasteiger partial charge in [-0.15, -0.1) is 0 Å². The van der Waals surface area contributed by atoms with Crippen molar-refractivity contribution in [2.75, 3.05) is 13.2 Å². The summed E-state index contributed by atoms with van der Waals surface area (Å²) in [4.78, 5) is 11.8. The summed E-state index contributed by atoms with van der Waals surface area (Å²) in [7, 11) is 0. The first-order chi connectivity index (χ1) is 22.8. The van der Waals surface area contributed by atoms with Gasteiger partial charge in [-0.3, -0.25) is 0 Å². The number of carbonyl (C=O) groups is 1. The summed E-state index contributed by atoms with van der Waals surface area (Å²) in [6, 6.07) is 0. The van der Waals surface area contributed by atoms with Crippen LogP contribution in [0.4, 0.5) is 4.79 Å². The minimum atomic E-state index is -0.472. The molecule has 0 aliphatic carbocycles. The summed E-state index contributed by atoms with van der Waals surface area (Å²) in [5.41, 5.74) is 0. The maximum atomic E-state index is 11.8. The summed E-state index contributed by atoms with van der Waals surface area (Å²) < 4.78 is 10.5. The van der Waals surface area contributed by atoms with E-state index in [1.54, 1.807) is 0 Å². The van der Waals surface area contributed by atoms with E-state index in [0.717, 1.165) is 25.7 Å². The molecular weight excluding hydrogens is 564 g/mol. The SMILES string of the molecule is CCCCCCCC/C=C\CCCCCCCCCCCCOC(=O)OCCCCCCCCCCCCCCCCCCCC. The Bertz CT molecular complexity index is 587. The molecule has 0 N–H and O–H groups in total. The Hall–Kier alpha value is -0.990. The second kappa shape index (κ2) is 42.0. The van der Waals surface area contributed by atoms with Gasteiger partial charge in [0.1, 0.15) is 0 Å². The summed E-state index contributed by atoms with van der Waals surface area (Å²) in [6.07, 6.45) is 52.8. The summed E-state index contributed by atoms with van der Waals surface area (Å²) >= 11 is 0. The Morgan fingerprint density at radius 1 is 0.326 bits per heavy atom. The third-order valence-electron chi connectivity index (χ3n) is 9.59. The number of rotatable bonds is 39. The van der Waals surface area contributed by atoms with Gasteiger partial charge in [-0.1, -0.05) is 219 Å². The molecule has 0 aliphatic rings. The first-order valence-corrected chi connectivity index (χ1v) is 21.3. The molecule has 0 amide bonds. The highest BCUT2D eigenvalue weighted by molar-refractivity contribution is 5.59. The quantitative estimate of drug-likeness (QED) is 0.0378. The van der Waals surface area contributed by atoms with Crippen LogP contribution in [0.3, 0.4) is 0 Å². The molecule has 0 fully saturated rings. The van der Waals surface area contributed by atoms with E-state index in [1.807, 2.05) is 0 Å². The Morgan fingerprint density at radius 2 is 0.543 bits per heavy atom. The van der Waals surface area contributed by atoms with Gasteiger partial charge < -0.3 is 9.47 Å². The van der Waals surface area contributed by atoms with Gasteiger partial charge in [0.05, 0.1) is 13.2 Å². The van der Waals surface area contributed by atoms with Gasteiger partial charge in [-0.05, 0) is 38.5 Å². The molecule has 3 nitrogen and oxygen atoms in total. The van der Waals surface area contributed by atoms with Gasteiger partial charge in [-0.2, -0.15) is 0 Å². The lowest BCUT2D eigenvalue weighted by atomic mass is 10.0. The summed E-state index contributed by atoms with van der Waals surface area (Å²) in [5, 5.41) is 0. The van der Waals surface area contributed by atoms with Crippen molar-refractivity contribution in [2.45, 2.75) is 245 Å². The molecule has 0 spiro atoms. The number of hydrogen-bond acceptors (Lipinski definition) is 3. The highest BCUT2D eigenvalue weighted by atomic mass is 16.7. The molecular formula is C43H84O3. The standard InChI is InChI=1S/C43H84O3/c1-3-5-7-9-11-13-15-17-19-21-23-24-26-28-30-32-34-36-38-40-42-46-43(44)45-41-39-37-35-33-31-29-27-25-22-20-18-16-14-12-10-8-6-4-2/h17,19H,3-16,18,20-42H2,1-2H3/b19-17-. The number of unbranched alkanes of at least 4 members (excludes halogenated alkanes) is 33. The Labute approximate surface area is 290 Å². The van der Waals surface area contributed by atoms with Crippen molar-refractivity contribution >= 4 is 6.16 Å². The Kier molecular flexibility index (Phi) is 41.1. The van der Waals surface area contributed by atoms with Gasteiger partial charge in [0.25, 0.3) is 0 Å². The van der Waals surface area contributed by atoms with Gasteiger partial charge in [0.15, 0.2) is 0 Å². The van der Waals surface area contributed by atoms with Crippen molar-refractivity contribution in [1.82, 2.24) is 0 Å². The third kappa shape index (κ3) is 41.0. The topological polar surface area (TPSA) is 35.5 Å². The zero-order chi connectivity index (χ0) is 33.3. The van der Waals surface area contributed by atoms with Crippen LogP contribution in [0.25, 0.3) is 0 Å². The lowest BCUT2D eigenvalue weighted by Gasteiger charge is -2.07. The number of carbonyl (C=O) groups excluding carboxylic acids is 1. The minimum absolute atomic E-state index is 0.472. The average molecular weight is 649 g/mol. The van der Waals surface area contributed by atoms with E-state index in [-0.39, 0.29) is 0 Å². The van der Waals surface area contributed by atoms with Gasteiger partial charge in [-0.25, -0.2) is 4.79 Å². The molecule has 0 saturated heterocycles. The van der Waals surface area contributed by atoms with Crippen molar-refractivity contribution in [2.24, 2.45) is 0 Å². The smallest absolute Gasteiger partial charge is 0.434 e. The van der Waals surface area contributed by atoms with Crippen molar-refractivity contribution in [3.05, 3.63) is 12.2 Å². The lowest BCUT2D eigenvalue weighted by Crippen LogP contribution is -2.09. The van der Waals surface area contributed by atoms with Crippen LogP contribution in [0.15, 0.2) is 12.2 Å². The molecule has 0 radical (unpaired) electrons. The van der Waals surface area contributed by atoms with Crippen molar-refractivity contribution < 1.29 is 14.3 Å². The van der Waals surface area contributed by atoms with E-state index in [9.17, 15) is 4.79 Å². The van der Waals surface area contributed by atoms with Crippen LogP contribution in [0.2, 0.25) is 0 Å². The molecule has 0 bridgehead atoms. The highest BCUT2D eigenvalue weighted by Crippen LogP contribution is 2.15. The van der Waals surface area contributed by atoms with E-state index >= 15 is 0 Å². The zero-order valence-corrected chi connectivity index (χ0v) is 31.7. The van der Waals surface area contributed by atoms with Crippen LogP contribution in [0, 0.1) is 0 Å². The van der Waals surface area contributed by atoms with Crippen LogP contribution in [0.1, 0.15) is 245 Å². The molecule has 0 unspecified atom stereocenters. The fraction of sp³-hybridized carbons (Fsp3) is 0.930. The molecule has 0 aliphatic heterocycles. The van der Waals surface area contributed by atoms with E-state index in [1.165, 1.54) is 205 Å². The van der Waals surface area contributed by atoms with Crippen molar-refractivity contribution in [3.63, 3.8) is 0 Å². The summed E-state index contributed by atoms with van der Waals surface area (Å²) in [6.45, 7) is 5.59. The maximum Gasteiger partial charge on any atom is 0.508 e. The van der Waals surface area contributed by atoms with Crippen LogP contribution >= 0.6 is 0 Å². The molecule has 0 saturated carbocycles. The summed E-state index contributed by atoms with van der Waals surface area (Å²) in [5.74, 6) is 0. The molecule has 0 rings (SSSR count). The van der Waals surface area contributed by atoms with E-state index < -0.39 is 6.16 Å². The zero-order valence-electron chi connectivity index (χ0n) is 31.7. The molecule has 0 atom stereocenters. The monoisotopic (exact) mass is 649 g/mol. The van der Waals surface area contributed by atoms with Gasteiger partial charge in [0, 0.05) is 0 Å². The Balaban J connectivity index is 3.17. The first-order valence-electron chi connectivity index (χ1n) is 21.3. The largest absolute Gasteiger partial charge is 0.508 e. The van der Waals surface area contributed by atoms with Crippen LogP contribution in [-0.4, -0.2) is 19.4 Å². The van der Waals surface area contributed by atoms with Crippen molar-refractivity contribution in [1.29, 1.82) is 0 Å². The second-order valence-corrected chi connectivity index (χ2v) is 14.3. The number of ether oxygens (including phenoxy) is 2. The van der Waals surface area contributed by atoms with Gasteiger partial charge in [0.2, 0.25) is 0 Å². The average Bonchev–Trinajstić information content (AvgIpc) is 3.06. The van der Waals surface area contributed by atoms with E-state index in [2.05, 4.69) is 26.0 Å².